The summed E-state index contributed by atoms with van der Waals surface area (Å²) in [5, 5.41) is 0. The van der Waals surface area contributed by atoms with Crippen LogP contribution in [0.2, 0.25) is 0 Å². The predicted octanol–water partition coefficient (Wildman–Crippen LogP) is 19.5. The number of para-hydroxylation sites is 2. The summed E-state index contributed by atoms with van der Waals surface area (Å²) in [6, 6.07) is 43.3. The van der Waals surface area contributed by atoms with Crippen LogP contribution in [-0.2, 0) is 6.42 Å². The molecule has 0 aliphatic carbocycles. The minimum Gasteiger partial charge on any atom is -0.489 e. The number of ether oxygens (including phenoxy) is 5. The molecule has 0 amide bonds. The number of aryl methyl sites for hydroxylation is 3. The van der Waals surface area contributed by atoms with Gasteiger partial charge >= 0.3 is 0 Å². The van der Waals surface area contributed by atoms with E-state index in [1.54, 1.807) is 0 Å². The third-order valence-corrected chi connectivity index (χ3v) is 21.1. The zero-order valence-electron chi connectivity index (χ0n) is 69.6. The highest BCUT2D eigenvalue weighted by Crippen LogP contribution is 2.31. The van der Waals surface area contributed by atoms with Crippen molar-refractivity contribution in [3.63, 3.8) is 0 Å². The van der Waals surface area contributed by atoms with Crippen molar-refractivity contribution < 1.29 is 23.7 Å². The molecular weight excluding hydrogens is 1300 g/mol. The van der Waals surface area contributed by atoms with Crippen LogP contribution in [0.15, 0.2) is 146 Å². The third kappa shape index (κ3) is 31.9. The molecule has 14 nitrogen and oxygen atoms in total. The summed E-state index contributed by atoms with van der Waals surface area (Å²) < 4.78 is 30.2. The Morgan fingerprint density at radius 2 is 0.505 bits per heavy atom. The van der Waals surface area contributed by atoms with Crippen molar-refractivity contribution in [2.75, 3.05) is 78.5 Å². The standard InChI is InChI=1S/C16H25N.3C15H24N2O.2C15H23NO/c1-16(2,3)17-11-7-10-15(13-17)12-14-8-5-4-6-9-14;3*1-12-7-8-13(10-16-12)18-14-6-5-9-17(11-14)15(2,3)4;2*1-15(2,3)16-11-7-10-14(12-16)17-13-8-5-4-6-9-13/h4-6,8-9,15H,7,10-13H2,1-3H3;3*7-8,10,14H,5-6,9,11H2,1-4H3;2*4-6,8-9,14H,7,10-12H2,1-3H3. The molecule has 3 aromatic carbocycles. The van der Waals surface area contributed by atoms with Gasteiger partial charge in [-0.2, -0.15) is 0 Å². The number of aromatic nitrogens is 3. The van der Waals surface area contributed by atoms with Gasteiger partial charge in [-0.1, -0.05) is 66.7 Å². The quantitative estimate of drug-likeness (QED) is 0.116. The first-order valence-corrected chi connectivity index (χ1v) is 40.3. The molecule has 0 bridgehead atoms. The molecule has 105 heavy (non-hydrogen) atoms. The summed E-state index contributed by atoms with van der Waals surface area (Å²) in [5.41, 5.74) is 6.10. The van der Waals surface area contributed by atoms with Crippen molar-refractivity contribution in [2.45, 2.75) is 293 Å². The largest absolute Gasteiger partial charge is 0.489 e. The highest BCUT2D eigenvalue weighted by molar-refractivity contribution is 5.24. The second kappa shape index (κ2) is 40.9. The van der Waals surface area contributed by atoms with Gasteiger partial charge in [-0.25, -0.2) is 0 Å². The Morgan fingerprint density at radius 1 is 0.276 bits per heavy atom. The fraction of sp³-hybridized carbons (Fsp3) is 0.637. The Balaban J connectivity index is 0.000000176. The minimum atomic E-state index is 0.230. The van der Waals surface area contributed by atoms with E-state index < -0.39 is 0 Å². The molecule has 0 spiro atoms. The molecule has 0 N–H and O–H groups in total. The smallest absolute Gasteiger partial charge is 0.138 e. The van der Waals surface area contributed by atoms with Gasteiger partial charge in [0.05, 0.1) is 18.6 Å². The molecule has 6 saturated heterocycles. The van der Waals surface area contributed by atoms with Crippen LogP contribution >= 0.6 is 0 Å². The Kier molecular flexibility index (Phi) is 33.5. The maximum absolute atomic E-state index is 6.04. The van der Waals surface area contributed by atoms with Gasteiger partial charge in [-0.15, -0.1) is 0 Å². The molecule has 6 atom stereocenters. The number of pyridine rings is 3. The zero-order chi connectivity index (χ0) is 76.4. The van der Waals surface area contributed by atoms with Gasteiger partial charge in [0, 0.05) is 89.6 Å². The summed E-state index contributed by atoms with van der Waals surface area (Å²) in [6.45, 7) is 60.6. The monoisotopic (exact) mass is 1440 g/mol. The average Bonchev–Trinajstić information content (AvgIpc) is 0.871. The second-order valence-electron chi connectivity index (χ2n) is 36.3. The number of hydrogen-bond acceptors (Lipinski definition) is 14. The lowest BCUT2D eigenvalue weighted by Gasteiger charge is -2.41. The molecule has 6 aliphatic rings. The van der Waals surface area contributed by atoms with Gasteiger partial charge in [0.25, 0.3) is 0 Å². The van der Waals surface area contributed by atoms with Crippen LogP contribution in [0.25, 0.3) is 0 Å². The highest BCUT2D eigenvalue weighted by Gasteiger charge is 2.34. The van der Waals surface area contributed by atoms with E-state index in [4.69, 9.17) is 23.7 Å². The van der Waals surface area contributed by atoms with E-state index in [-0.39, 0.29) is 27.7 Å². The van der Waals surface area contributed by atoms with E-state index in [1.807, 2.05) is 136 Å². The molecule has 12 rings (SSSR count). The summed E-state index contributed by atoms with van der Waals surface area (Å²) in [5.74, 6) is 5.50. The van der Waals surface area contributed by atoms with Crippen molar-refractivity contribution >= 4 is 0 Å². The fourth-order valence-corrected chi connectivity index (χ4v) is 14.5. The number of nitrogens with zero attached hydrogens (tertiary/aromatic N) is 9. The normalized spacial score (nSPS) is 22.2. The zero-order valence-corrected chi connectivity index (χ0v) is 69.6. The van der Waals surface area contributed by atoms with E-state index in [0.717, 1.165) is 104 Å². The minimum absolute atomic E-state index is 0.230. The first-order valence-electron chi connectivity index (χ1n) is 40.3. The number of likely N-dealkylation sites (tertiary alicyclic amines) is 6. The van der Waals surface area contributed by atoms with Crippen LogP contribution in [-0.4, -0.2) is 187 Å². The van der Waals surface area contributed by atoms with Crippen LogP contribution in [0.3, 0.4) is 0 Å². The lowest BCUT2D eigenvalue weighted by atomic mass is 9.89. The molecule has 9 heterocycles. The Hall–Kier alpha value is -6.13. The maximum atomic E-state index is 6.04. The van der Waals surface area contributed by atoms with Crippen molar-refractivity contribution in [1.29, 1.82) is 0 Å². The summed E-state index contributed by atoms with van der Waals surface area (Å²) in [6.07, 6.45) is 22.9. The molecule has 582 valence electrons. The molecular formula is C91H143N9O5. The Morgan fingerprint density at radius 3 is 0.743 bits per heavy atom. The average molecular weight is 1440 g/mol. The van der Waals surface area contributed by atoms with Crippen LogP contribution in [0, 0.1) is 26.7 Å². The van der Waals surface area contributed by atoms with Gasteiger partial charge < -0.3 is 23.7 Å². The SMILES string of the molecule is CC(C)(C)N1CCCC(Cc2ccccc2)C1.CC(C)(C)N1CCCC(Oc2ccccc2)C1.CC(C)(C)N1CCCC(Oc2ccccc2)C1.Cc1ccc(OC2CCCN(C(C)(C)C)C2)cn1.Cc1ccc(OC2CCCN(C(C)(C)C)C2)cn1.Cc1ccc(OC2CCCN(C(C)(C)C)C2)cn1. The molecule has 6 aliphatic heterocycles. The number of rotatable bonds is 12. The highest BCUT2D eigenvalue weighted by atomic mass is 16.5. The van der Waals surface area contributed by atoms with E-state index in [2.05, 4.69) is 199 Å². The summed E-state index contributed by atoms with van der Waals surface area (Å²) >= 11 is 0. The Bertz CT molecular complexity index is 2960. The molecule has 14 heteroatoms. The van der Waals surface area contributed by atoms with Crippen LogP contribution in [0.5, 0.6) is 28.7 Å². The molecule has 6 unspecified atom stereocenters. The van der Waals surface area contributed by atoms with Gasteiger partial charge in [0.15, 0.2) is 0 Å². The van der Waals surface area contributed by atoms with Crippen molar-refractivity contribution in [3.05, 3.63) is 169 Å². The fourth-order valence-electron chi connectivity index (χ4n) is 14.5. The van der Waals surface area contributed by atoms with Gasteiger partial charge in [0.1, 0.15) is 59.3 Å². The summed E-state index contributed by atoms with van der Waals surface area (Å²) in [4.78, 5) is 28.0. The Labute approximate surface area is 639 Å². The molecule has 6 aromatic rings. The summed E-state index contributed by atoms with van der Waals surface area (Å²) in [7, 11) is 0. The number of benzene rings is 3. The molecule has 3 aromatic heterocycles. The van der Waals surface area contributed by atoms with Crippen LogP contribution in [0.1, 0.15) is 224 Å². The number of hydrogen-bond donors (Lipinski definition) is 0. The number of piperidine rings is 6. The van der Waals surface area contributed by atoms with E-state index in [0.29, 0.717) is 36.1 Å². The third-order valence-electron chi connectivity index (χ3n) is 21.1. The van der Waals surface area contributed by atoms with Crippen molar-refractivity contribution in [2.24, 2.45) is 5.92 Å². The molecule has 0 radical (unpaired) electrons. The second-order valence-corrected chi connectivity index (χ2v) is 36.3. The van der Waals surface area contributed by atoms with Crippen molar-refractivity contribution in [3.8, 4) is 28.7 Å². The van der Waals surface area contributed by atoms with Crippen LogP contribution < -0.4 is 23.7 Å². The van der Waals surface area contributed by atoms with Gasteiger partial charge in [-0.05, 0) is 340 Å². The molecule has 6 fully saturated rings. The molecule has 0 saturated carbocycles. The van der Waals surface area contributed by atoms with Crippen LogP contribution in [0.4, 0.5) is 0 Å². The van der Waals surface area contributed by atoms with E-state index >= 15 is 0 Å². The predicted molar refractivity (Wildman–Crippen MR) is 439 cm³/mol. The van der Waals surface area contributed by atoms with Crippen molar-refractivity contribution in [1.82, 2.24) is 44.4 Å². The maximum Gasteiger partial charge on any atom is 0.138 e. The van der Waals surface area contributed by atoms with E-state index in [9.17, 15) is 0 Å². The topological polar surface area (TPSA) is 104 Å². The van der Waals surface area contributed by atoms with Gasteiger partial charge in [-0.3, -0.25) is 44.4 Å². The van der Waals surface area contributed by atoms with E-state index in [1.165, 1.54) is 116 Å². The lowest BCUT2D eigenvalue weighted by molar-refractivity contribution is 0.0345. The van der Waals surface area contributed by atoms with Gasteiger partial charge in [0.2, 0.25) is 0 Å². The lowest BCUT2D eigenvalue weighted by Crippen LogP contribution is -2.50. The first kappa shape index (κ1) is 86.1. The first-order chi connectivity index (χ1) is 49.5.